The molecule has 136 valence electrons. The first-order valence-corrected chi connectivity index (χ1v) is 8.38. The summed E-state index contributed by atoms with van der Waals surface area (Å²) in [5.41, 5.74) is 0.113. The first kappa shape index (κ1) is 18.1. The van der Waals surface area contributed by atoms with Crippen LogP contribution in [0.2, 0.25) is 5.02 Å². The summed E-state index contributed by atoms with van der Waals surface area (Å²) in [6.45, 7) is 1.77. The van der Waals surface area contributed by atoms with Gasteiger partial charge in [0.05, 0.1) is 20.8 Å². The quantitative estimate of drug-likeness (QED) is 0.815. The monoisotopic (exact) mass is 374 g/mol. The van der Waals surface area contributed by atoms with E-state index in [2.05, 4.69) is 5.32 Å². The van der Waals surface area contributed by atoms with Gasteiger partial charge in [0.1, 0.15) is 5.54 Å². The van der Waals surface area contributed by atoms with Crippen molar-refractivity contribution in [1.82, 2.24) is 10.2 Å². The van der Waals surface area contributed by atoms with Gasteiger partial charge in [-0.25, -0.2) is 4.79 Å². The second-order valence-electron chi connectivity index (χ2n) is 6.11. The Morgan fingerprint density at radius 3 is 2.42 bits per heavy atom. The van der Waals surface area contributed by atoms with Gasteiger partial charge in [-0.1, -0.05) is 35.9 Å². The molecule has 0 bridgehead atoms. The molecule has 2 aromatic rings. The molecule has 1 N–H and O–H groups in total. The maximum absolute atomic E-state index is 13.0. The number of carbonyl (C=O) groups excluding carboxylic acids is 2. The fraction of sp³-hybridized carbons (Fsp3) is 0.263. The van der Waals surface area contributed by atoms with E-state index in [1.807, 2.05) is 6.07 Å². The Kier molecular flexibility index (Phi) is 4.78. The number of halogens is 1. The second-order valence-corrected chi connectivity index (χ2v) is 6.51. The Morgan fingerprint density at radius 2 is 1.77 bits per heavy atom. The van der Waals surface area contributed by atoms with Crippen LogP contribution in [0, 0.1) is 0 Å². The lowest BCUT2D eigenvalue weighted by Gasteiger charge is -2.23. The van der Waals surface area contributed by atoms with Crippen molar-refractivity contribution >= 4 is 23.5 Å². The summed E-state index contributed by atoms with van der Waals surface area (Å²) in [6, 6.07) is 11.8. The highest BCUT2D eigenvalue weighted by Crippen LogP contribution is 2.36. The highest BCUT2D eigenvalue weighted by atomic mass is 35.5. The van der Waals surface area contributed by atoms with Crippen LogP contribution in [0.3, 0.4) is 0 Å². The largest absolute Gasteiger partial charge is 0.493 e. The van der Waals surface area contributed by atoms with Crippen LogP contribution in [0.15, 0.2) is 42.5 Å². The molecule has 1 atom stereocenters. The first-order chi connectivity index (χ1) is 12.4. The molecule has 0 spiro atoms. The number of urea groups is 1. The summed E-state index contributed by atoms with van der Waals surface area (Å²) in [5.74, 6) is 0.678. The number of imide groups is 1. The van der Waals surface area contributed by atoms with Crippen molar-refractivity contribution in [3.63, 3.8) is 0 Å². The molecule has 0 aliphatic carbocycles. The van der Waals surface area contributed by atoms with Crippen LogP contribution in [0.25, 0.3) is 0 Å². The molecule has 6 nitrogen and oxygen atoms in total. The molecule has 1 aliphatic rings. The van der Waals surface area contributed by atoms with Crippen LogP contribution in [-0.4, -0.2) is 31.1 Å². The minimum Gasteiger partial charge on any atom is -0.493 e. The van der Waals surface area contributed by atoms with Gasteiger partial charge in [-0.15, -0.1) is 0 Å². The number of benzene rings is 2. The van der Waals surface area contributed by atoms with E-state index in [1.54, 1.807) is 43.3 Å². The molecule has 1 unspecified atom stereocenters. The predicted molar refractivity (Wildman–Crippen MR) is 97.4 cm³/mol. The van der Waals surface area contributed by atoms with Gasteiger partial charge in [0.2, 0.25) is 0 Å². The molecule has 1 aliphatic heterocycles. The highest BCUT2D eigenvalue weighted by Gasteiger charge is 2.49. The van der Waals surface area contributed by atoms with E-state index in [-0.39, 0.29) is 12.5 Å². The number of ether oxygens (including phenoxy) is 2. The number of rotatable bonds is 5. The summed E-state index contributed by atoms with van der Waals surface area (Å²) in [5, 5.41) is 3.28. The molecule has 3 rings (SSSR count). The van der Waals surface area contributed by atoms with Gasteiger partial charge in [-0.05, 0) is 36.2 Å². The van der Waals surface area contributed by atoms with Crippen molar-refractivity contribution < 1.29 is 19.1 Å². The normalized spacial score (nSPS) is 19.5. The third kappa shape index (κ3) is 2.97. The average molecular weight is 375 g/mol. The van der Waals surface area contributed by atoms with Crippen molar-refractivity contribution in [2.45, 2.75) is 19.0 Å². The number of nitrogens with one attached hydrogen (secondary N) is 1. The lowest BCUT2D eigenvalue weighted by molar-refractivity contribution is -0.131. The molecular formula is C19H19ClN2O4. The summed E-state index contributed by atoms with van der Waals surface area (Å²) < 4.78 is 10.5. The van der Waals surface area contributed by atoms with Gasteiger partial charge in [0.25, 0.3) is 5.91 Å². The van der Waals surface area contributed by atoms with Crippen molar-refractivity contribution in [2.75, 3.05) is 14.2 Å². The summed E-state index contributed by atoms with van der Waals surface area (Å²) in [7, 11) is 3.05. The van der Waals surface area contributed by atoms with Gasteiger partial charge >= 0.3 is 6.03 Å². The van der Waals surface area contributed by atoms with Crippen LogP contribution >= 0.6 is 11.6 Å². The number of amides is 3. The molecule has 26 heavy (non-hydrogen) atoms. The first-order valence-electron chi connectivity index (χ1n) is 8.00. The van der Waals surface area contributed by atoms with Crippen LogP contribution in [0.4, 0.5) is 4.79 Å². The molecule has 1 heterocycles. The van der Waals surface area contributed by atoms with Gasteiger partial charge in [0.15, 0.2) is 11.5 Å². The molecule has 7 heteroatoms. The summed E-state index contributed by atoms with van der Waals surface area (Å²) in [6.07, 6.45) is 0. The number of methoxy groups -OCH3 is 2. The van der Waals surface area contributed by atoms with Crippen molar-refractivity contribution in [1.29, 1.82) is 0 Å². The van der Waals surface area contributed by atoms with E-state index in [0.29, 0.717) is 27.6 Å². The standard InChI is InChI=1S/C19H19ClN2O4/c1-19(13-8-9-15(25-2)16(10-13)26-3)17(23)22(18(24)21-19)11-12-6-4-5-7-14(12)20/h4-10H,11H2,1-3H3,(H,21,24). The van der Waals surface area contributed by atoms with Crippen LogP contribution < -0.4 is 14.8 Å². The van der Waals surface area contributed by atoms with Crippen molar-refractivity contribution in [2.24, 2.45) is 0 Å². The maximum atomic E-state index is 13.0. The Bertz CT molecular complexity index is 870. The molecule has 1 saturated heterocycles. The maximum Gasteiger partial charge on any atom is 0.325 e. The molecule has 2 aromatic carbocycles. The zero-order valence-corrected chi connectivity index (χ0v) is 15.5. The summed E-state index contributed by atoms with van der Waals surface area (Å²) in [4.78, 5) is 26.7. The van der Waals surface area contributed by atoms with E-state index in [1.165, 1.54) is 14.2 Å². The van der Waals surface area contributed by atoms with Crippen molar-refractivity contribution in [3.8, 4) is 11.5 Å². The number of hydrogen-bond acceptors (Lipinski definition) is 4. The van der Waals surface area contributed by atoms with Gasteiger partial charge in [0, 0.05) is 5.02 Å². The van der Waals surface area contributed by atoms with E-state index in [4.69, 9.17) is 21.1 Å². The van der Waals surface area contributed by atoms with E-state index < -0.39 is 11.6 Å². The topological polar surface area (TPSA) is 67.9 Å². The van der Waals surface area contributed by atoms with Gasteiger partial charge in [-0.2, -0.15) is 0 Å². The fourth-order valence-corrected chi connectivity index (χ4v) is 3.18. The molecule has 0 radical (unpaired) electrons. The van der Waals surface area contributed by atoms with Gasteiger partial charge < -0.3 is 14.8 Å². The lowest BCUT2D eigenvalue weighted by Crippen LogP contribution is -2.40. The van der Waals surface area contributed by atoms with E-state index in [9.17, 15) is 9.59 Å². The van der Waals surface area contributed by atoms with Gasteiger partial charge in [-0.3, -0.25) is 9.69 Å². The average Bonchev–Trinajstić information content (AvgIpc) is 2.86. The second kappa shape index (κ2) is 6.88. The molecule has 0 saturated carbocycles. The van der Waals surface area contributed by atoms with Crippen LogP contribution in [-0.2, 0) is 16.9 Å². The minimum atomic E-state index is -1.20. The smallest absolute Gasteiger partial charge is 0.325 e. The van der Waals surface area contributed by atoms with Crippen LogP contribution in [0.1, 0.15) is 18.1 Å². The van der Waals surface area contributed by atoms with Crippen LogP contribution in [0.5, 0.6) is 11.5 Å². The number of hydrogen-bond donors (Lipinski definition) is 1. The molecule has 3 amide bonds. The fourth-order valence-electron chi connectivity index (χ4n) is 2.98. The SMILES string of the molecule is COc1ccc(C2(C)NC(=O)N(Cc3ccccc3Cl)C2=O)cc1OC. The number of nitrogens with zero attached hydrogens (tertiary/aromatic N) is 1. The number of carbonyl (C=O) groups is 2. The third-order valence-corrected chi connectivity index (χ3v) is 4.89. The molecular weight excluding hydrogens is 356 g/mol. The third-order valence-electron chi connectivity index (χ3n) is 4.52. The Labute approximate surface area is 156 Å². The minimum absolute atomic E-state index is 0.104. The molecule has 0 aromatic heterocycles. The Hall–Kier alpha value is -2.73. The zero-order valence-electron chi connectivity index (χ0n) is 14.7. The predicted octanol–water partition coefficient (Wildman–Crippen LogP) is 3.32. The Balaban J connectivity index is 1.93. The highest BCUT2D eigenvalue weighted by molar-refractivity contribution is 6.31. The summed E-state index contributed by atoms with van der Waals surface area (Å²) >= 11 is 6.16. The van der Waals surface area contributed by atoms with E-state index in [0.717, 1.165) is 4.90 Å². The Morgan fingerprint density at radius 1 is 1.08 bits per heavy atom. The molecule has 1 fully saturated rings. The lowest BCUT2D eigenvalue weighted by atomic mass is 9.91. The van der Waals surface area contributed by atoms with Crippen molar-refractivity contribution in [3.05, 3.63) is 58.6 Å². The van der Waals surface area contributed by atoms with E-state index >= 15 is 0 Å². The zero-order chi connectivity index (χ0) is 18.9.